The van der Waals surface area contributed by atoms with Gasteiger partial charge in [-0.15, -0.1) is 0 Å². The molecule has 2 amide bonds. The largest absolute Gasteiger partial charge is 0.481 e. The summed E-state index contributed by atoms with van der Waals surface area (Å²) in [6, 6.07) is 4.24. The molecule has 0 saturated carbocycles. The van der Waals surface area contributed by atoms with Gasteiger partial charge in [0.05, 0.1) is 12.5 Å². The van der Waals surface area contributed by atoms with E-state index in [9.17, 15) is 18.8 Å². The monoisotopic (exact) mass is 336 g/mol. The minimum absolute atomic E-state index is 0.162. The Balaban J connectivity index is 2.02. The average molecular weight is 336 g/mol. The molecule has 1 saturated heterocycles. The van der Waals surface area contributed by atoms with Gasteiger partial charge in [-0.05, 0) is 37.5 Å². The molecular weight excluding hydrogens is 315 g/mol. The average Bonchev–Trinajstić information content (AvgIpc) is 2.56. The van der Waals surface area contributed by atoms with Crippen molar-refractivity contribution in [3.8, 4) is 0 Å². The van der Waals surface area contributed by atoms with Crippen molar-refractivity contribution in [2.75, 3.05) is 26.7 Å². The Hall–Kier alpha value is -2.44. The summed E-state index contributed by atoms with van der Waals surface area (Å²) in [6.07, 6.45) is 1.18. The molecule has 1 heterocycles. The van der Waals surface area contributed by atoms with Gasteiger partial charge in [-0.25, -0.2) is 4.39 Å². The van der Waals surface area contributed by atoms with Crippen LogP contribution in [0.25, 0.3) is 0 Å². The second-order valence-electron chi connectivity index (χ2n) is 6.09. The van der Waals surface area contributed by atoms with Crippen LogP contribution in [0, 0.1) is 18.7 Å². The summed E-state index contributed by atoms with van der Waals surface area (Å²) in [4.78, 5) is 38.5. The maximum Gasteiger partial charge on any atom is 0.308 e. The number of amides is 2. The first-order valence-electron chi connectivity index (χ1n) is 7.82. The van der Waals surface area contributed by atoms with Crippen molar-refractivity contribution < 1.29 is 23.9 Å². The molecule has 1 N–H and O–H groups in total. The van der Waals surface area contributed by atoms with Crippen molar-refractivity contribution in [3.05, 3.63) is 35.1 Å². The fourth-order valence-corrected chi connectivity index (χ4v) is 2.82. The number of carbonyl (C=O) groups is 3. The highest BCUT2D eigenvalue weighted by atomic mass is 19.1. The first kappa shape index (κ1) is 17.9. The van der Waals surface area contributed by atoms with E-state index in [2.05, 4.69) is 0 Å². The lowest BCUT2D eigenvalue weighted by Crippen LogP contribution is -2.47. The SMILES string of the molecule is Cc1c(F)cccc1C(=O)N(C)CC(=O)N1CCCC(C(=O)O)C1. The van der Waals surface area contributed by atoms with Gasteiger partial charge in [-0.3, -0.25) is 14.4 Å². The minimum atomic E-state index is -0.910. The fourth-order valence-electron chi connectivity index (χ4n) is 2.82. The van der Waals surface area contributed by atoms with E-state index in [1.54, 1.807) is 0 Å². The third kappa shape index (κ3) is 3.90. The zero-order chi connectivity index (χ0) is 17.9. The molecule has 6 nitrogen and oxygen atoms in total. The number of carboxylic acids is 1. The maximum atomic E-state index is 13.6. The van der Waals surface area contributed by atoms with Crippen LogP contribution in [0.3, 0.4) is 0 Å². The summed E-state index contributed by atoms with van der Waals surface area (Å²) in [7, 11) is 1.48. The Labute approximate surface area is 139 Å². The fraction of sp³-hybridized carbons (Fsp3) is 0.471. The Morgan fingerprint density at radius 2 is 2.08 bits per heavy atom. The molecule has 1 aromatic rings. The van der Waals surface area contributed by atoms with E-state index in [-0.39, 0.29) is 30.1 Å². The molecule has 0 radical (unpaired) electrons. The summed E-state index contributed by atoms with van der Waals surface area (Å²) < 4.78 is 13.6. The van der Waals surface area contributed by atoms with Crippen molar-refractivity contribution in [2.24, 2.45) is 5.92 Å². The number of hydrogen-bond donors (Lipinski definition) is 1. The van der Waals surface area contributed by atoms with E-state index >= 15 is 0 Å². The van der Waals surface area contributed by atoms with Crippen LogP contribution in [-0.4, -0.2) is 59.4 Å². The van der Waals surface area contributed by atoms with Gasteiger partial charge in [0.2, 0.25) is 5.91 Å². The van der Waals surface area contributed by atoms with E-state index in [1.807, 2.05) is 0 Å². The Bertz CT molecular complexity index is 662. The van der Waals surface area contributed by atoms with Crippen molar-refractivity contribution in [1.29, 1.82) is 0 Å². The predicted molar refractivity (Wildman–Crippen MR) is 85.0 cm³/mol. The molecule has 1 atom stereocenters. The van der Waals surface area contributed by atoms with Crippen molar-refractivity contribution in [3.63, 3.8) is 0 Å². The van der Waals surface area contributed by atoms with E-state index in [0.717, 1.165) is 0 Å². The van der Waals surface area contributed by atoms with Crippen molar-refractivity contribution in [2.45, 2.75) is 19.8 Å². The molecule has 0 aliphatic carbocycles. The van der Waals surface area contributed by atoms with Gasteiger partial charge in [-0.1, -0.05) is 6.07 Å². The van der Waals surface area contributed by atoms with Crippen molar-refractivity contribution in [1.82, 2.24) is 9.80 Å². The standard InChI is InChI=1S/C17H21FN2O4/c1-11-13(6-3-7-14(11)18)16(22)19(2)10-15(21)20-8-4-5-12(9-20)17(23)24/h3,6-7,12H,4-5,8-10H2,1-2H3,(H,23,24). The topological polar surface area (TPSA) is 77.9 Å². The first-order valence-corrected chi connectivity index (χ1v) is 7.82. The molecule has 130 valence electrons. The number of halogens is 1. The third-order valence-electron chi connectivity index (χ3n) is 4.34. The Morgan fingerprint density at radius 1 is 1.38 bits per heavy atom. The highest BCUT2D eigenvalue weighted by Gasteiger charge is 2.29. The molecule has 7 heteroatoms. The lowest BCUT2D eigenvalue weighted by molar-refractivity contribution is -0.145. The summed E-state index contributed by atoms with van der Waals surface area (Å²) in [5.74, 6) is -2.68. The highest BCUT2D eigenvalue weighted by molar-refractivity contribution is 5.97. The van der Waals surface area contributed by atoms with Gasteiger partial charge in [-0.2, -0.15) is 0 Å². The molecule has 1 aromatic carbocycles. The maximum absolute atomic E-state index is 13.6. The van der Waals surface area contributed by atoms with Gasteiger partial charge in [0.25, 0.3) is 5.91 Å². The number of carboxylic acid groups (broad SMARTS) is 1. The lowest BCUT2D eigenvalue weighted by atomic mass is 9.98. The number of piperidine rings is 1. The summed E-state index contributed by atoms with van der Waals surface area (Å²) in [5, 5.41) is 9.08. The smallest absolute Gasteiger partial charge is 0.308 e. The van der Waals surface area contributed by atoms with E-state index in [1.165, 1.54) is 42.0 Å². The van der Waals surface area contributed by atoms with Gasteiger partial charge in [0.15, 0.2) is 0 Å². The zero-order valence-corrected chi connectivity index (χ0v) is 13.8. The summed E-state index contributed by atoms with van der Waals surface area (Å²) in [6.45, 7) is 2.00. The second kappa shape index (κ2) is 7.42. The van der Waals surface area contributed by atoms with Crippen LogP contribution in [-0.2, 0) is 9.59 Å². The van der Waals surface area contributed by atoms with Crippen molar-refractivity contribution >= 4 is 17.8 Å². The minimum Gasteiger partial charge on any atom is -0.481 e. The predicted octanol–water partition coefficient (Wildman–Crippen LogP) is 1.53. The van der Waals surface area contributed by atoms with E-state index in [4.69, 9.17) is 5.11 Å². The molecule has 1 aliphatic rings. The number of likely N-dealkylation sites (N-methyl/N-ethyl adjacent to an activating group) is 1. The Morgan fingerprint density at radius 3 is 2.75 bits per heavy atom. The molecule has 1 fully saturated rings. The second-order valence-corrected chi connectivity index (χ2v) is 6.09. The van der Waals surface area contributed by atoms with E-state index in [0.29, 0.717) is 19.4 Å². The number of carbonyl (C=O) groups excluding carboxylic acids is 2. The summed E-state index contributed by atoms with van der Waals surface area (Å²) in [5.41, 5.74) is 0.457. The van der Waals surface area contributed by atoms with Crippen LogP contribution in [0.4, 0.5) is 4.39 Å². The number of hydrogen-bond acceptors (Lipinski definition) is 3. The molecule has 1 aliphatic heterocycles. The number of benzene rings is 1. The molecule has 1 unspecified atom stereocenters. The van der Waals surface area contributed by atoms with Gasteiger partial charge in [0.1, 0.15) is 5.82 Å². The number of aliphatic carboxylic acids is 1. The van der Waals surface area contributed by atoms with Crippen LogP contribution in [0.1, 0.15) is 28.8 Å². The Kier molecular flexibility index (Phi) is 5.54. The van der Waals surface area contributed by atoms with Gasteiger partial charge < -0.3 is 14.9 Å². The quantitative estimate of drug-likeness (QED) is 0.904. The first-order chi connectivity index (χ1) is 11.3. The van der Waals surface area contributed by atoms with Crippen LogP contribution >= 0.6 is 0 Å². The molecule has 0 aromatic heterocycles. The van der Waals surface area contributed by atoms with Crippen LogP contribution in [0.5, 0.6) is 0 Å². The summed E-state index contributed by atoms with van der Waals surface area (Å²) >= 11 is 0. The molecule has 0 spiro atoms. The molecule has 2 rings (SSSR count). The molecule has 24 heavy (non-hydrogen) atoms. The van der Waals surface area contributed by atoms with Gasteiger partial charge in [0, 0.05) is 25.7 Å². The van der Waals surface area contributed by atoms with Gasteiger partial charge >= 0.3 is 5.97 Å². The third-order valence-corrected chi connectivity index (χ3v) is 4.34. The van der Waals surface area contributed by atoms with Crippen LogP contribution < -0.4 is 0 Å². The van der Waals surface area contributed by atoms with Crippen LogP contribution in [0.2, 0.25) is 0 Å². The lowest BCUT2D eigenvalue weighted by Gasteiger charge is -2.32. The number of likely N-dealkylation sites (tertiary alicyclic amines) is 1. The molecular formula is C17H21FN2O4. The zero-order valence-electron chi connectivity index (χ0n) is 13.8. The normalized spacial score (nSPS) is 17.5. The highest BCUT2D eigenvalue weighted by Crippen LogP contribution is 2.18. The van der Waals surface area contributed by atoms with Crippen LogP contribution in [0.15, 0.2) is 18.2 Å². The van der Waals surface area contributed by atoms with E-state index < -0.39 is 23.6 Å². The number of nitrogens with zero attached hydrogens (tertiary/aromatic N) is 2. The molecule has 0 bridgehead atoms. The number of rotatable bonds is 4.